The van der Waals surface area contributed by atoms with Crippen LogP contribution in [-0.2, 0) is 4.79 Å². The molecule has 0 saturated carbocycles. The number of carbonyl (C=O) groups is 1. The third-order valence-corrected chi connectivity index (χ3v) is 4.93. The van der Waals surface area contributed by atoms with Crippen LogP contribution in [0.2, 0.25) is 5.02 Å². The summed E-state index contributed by atoms with van der Waals surface area (Å²) >= 11 is 6.22. The molecule has 0 bridgehead atoms. The van der Waals surface area contributed by atoms with Gasteiger partial charge in [-0.1, -0.05) is 17.7 Å². The molecule has 1 N–H and O–H groups in total. The van der Waals surface area contributed by atoms with E-state index in [-0.39, 0.29) is 6.42 Å². The molecule has 3 rings (SSSR count). The van der Waals surface area contributed by atoms with Crippen LogP contribution in [0.3, 0.4) is 0 Å². The van der Waals surface area contributed by atoms with E-state index in [0.29, 0.717) is 27.7 Å². The Hall–Kier alpha value is -2.79. The van der Waals surface area contributed by atoms with Crippen LogP contribution in [0.25, 0.3) is 17.2 Å². The Morgan fingerprint density at radius 3 is 2.33 bits per heavy atom. The molecule has 4 nitrogen and oxygen atoms in total. The maximum atomic E-state index is 13.8. The molecule has 0 unspecified atom stereocenters. The molecule has 6 heteroatoms. The predicted octanol–water partition coefficient (Wildman–Crippen LogP) is 5.30. The third-order valence-electron chi connectivity index (χ3n) is 4.56. The number of rotatable bonds is 5. The molecule has 140 valence electrons. The van der Waals surface area contributed by atoms with E-state index >= 15 is 0 Å². The molecule has 0 radical (unpaired) electrons. The van der Waals surface area contributed by atoms with Crippen molar-refractivity contribution in [3.63, 3.8) is 0 Å². The second-order valence-electron chi connectivity index (χ2n) is 6.16. The van der Waals surface area contributed by atoms with Gasteiger partial charge in [0.2, 0.25) is 0 Å². The fourth-order valence-electron chi connectivity index (χ4n) is 3.27. The van der Waals surface area contributed by atoms with Gasteiger partial charge in [-0.2, -0.15) is 0 Å². The van der Waals surface area contributed by atoms with Crippen molar-refractivity contribution in [3.8, 4) is 11.5 Å². The maximum absolute atomic E-state index is 13.8. The van der Waals surface area contributed by atoms with Gasteiger partial charge in [0.25, 0.3) is 0 Å². The highest BCUT2D eigenvalue weighted by Crippen LogP contribution is 2.44. The highest BCUT2D eigenvalue weighted by Gasteiger charge is 2.25. The number of allylic oxidation sites excluding steroid dienone is 2. The summed E-state index contributed by atoms with van der Waals surface area (Å²) in [6.45, 7) is 1.84. The number of hydrogen-bond donors (Lipinski definition) is 1. The molecule has 1 aliphatic carbocycles. The fourth-order valence-corrected chi connectivity index (χ4v) is 3.54. The summed E-state index contributed by atoms with van der Waals surface area (Å²) in [6, 6.07) is 7.94. The summed E-state index contributed by atoms with van der Waals surface area (Å²) in [6.07, 6.45) is 1.72. The van der Waals surface area contributed by atoms with Crippen LogP contribution in [0.4, 0.5) is 4.39 Å². The van der Waals surface area contributed by atoms with Crippen LogP contribution in [0.5, 0.6) is 11.5 Å². The van der Waals surface area contributed by atoms with E-state index in [1.165, 1.54) is 26.4 Å². The van der Waals surface area contributed by atoms with Gasteiger partial charge < -0.3 is 14.6 Å². The Morgan fingerprint density at radius 1 is 1.15 bits per heavy atom. The van der Waals surface area contributed by atoms with E-state index in [9.17, 15) is 14.3 Å². The second-order valence-corrected chi connectivity index (χ2v) is 6.54. The molecule has 0 spiro atoms. The Labute approximate surface area is 161 Å². The maximum Gasteiger partial charge on any atom is 0.307 e. The van der Waals surface area contributed by atoms with E-state index < -0.39 is 11.8 Å². The van der Waals surface area contributed by atoms with Crippen LogP contribution >= 0.6 is 11.6 Å². The SMILES string of the molecule is COc1cc(C=C2C(C)=C(CC(=O)O)c3cc(F)ccc32)cc(OC)c1Cl. The van der Waals surface area contributed by atoms with E-state index in [0.717, 1.165) is 22.3 Å². The summed E-state index contributed by atoms with van der Waals surface area (Å²) in [4.78, 5) is 11.3. The van der Waals surface area contributed by atoms with Gasteiger partial charge in [0, 0.05) is 0 Å². The minimum Gasteiger partial charge on any atom is -0.495 e. The lowest BCUT2D eigenvalue weighted by molar-refractivity contribution is -0.135. The van der Waals surface area contributed by atoms with Crippen LogP contribution < -0.4 is 9.47 Å². The first-order valence-electron chi connectivity index (χ1n) is 8.21. The average Bonchev–Trinajstić information content (AvgIpc) is 2.87. The molecule has 0 fully saturated rings. The normalized spacial score (nSPS) is 14.5. The van der Waals surface area contributed by atoms with Crippen molar-refractivity contribution in [1.82, 2.24) is 0 Å². The lowest BCUT2D eigenvalue weighted by Gasteiger charge is -2.11. The summed E-state index contributed by atoms with van der Waals surface area (Å²) in [5.74, 6) is -0.434. The van der Waals surface area contributed by atoms with Gasteiger partial charge in [-0.25, -0.2) is 4.39 Å². The minimum atomic E-state index is -0.962. The zero-order valence-corrected chi connectivity index (χ0v) is 15.9. The number of benzene rings is 2. The quantitative estimate of drug-likeness (QED) is 0.755. The number of halogens is 2. The third kappa shape index (κ3) is 3.55. The largest absolute Gasteiger partial charge is 0.495 e. The number of ether oxygens (including phenoxy) is 2. The van der Waals surface area contributed by atoms with E-state index in [1.807, 2.05) is 13.0 Å². The molecule has 0 heterocycles. The van der Waals surface area contributed by atoms with Crippen molar-refractivity contribution in [3.05, 3.63) is 63.4 Å². The van der Waals surface area contributed by atoms with Crippen molar-refractivity contribution in [2.45, 2.75) is 13.3 Å². The van der Waals surface area contributed by atoms with Gasteiger partial charge in [-0.15, -0.1) is 0 Å². The summed E-state index contributed by atoms with van der Waals surface area (Å²) in [5, 5.41) is 9.60. The van der Waals surface area contributed by atoms with Crippen LogP contribution in [0, 0.1) is 5.82 Å². The first-order chi connectivity index (χ1) is 12.8. The Morgan fingerprint density at radius 2 is 1.78 bits per heavy atom. The molecule has 0 aliphatic heterocycles. The molecule has 0 aromatic heterocycles. The van der Waals surface area contributed by atoms with Gasteiger partial charge in [0.1, 0.15) is 22.3 Å². The van der Waals surface area contributed by atoms with Crippen molar-refractivity contribution >= 4 is 34.8 Å². The van der Waals surface area contributed by atoms with Gasteiger partial charge in [-0.05, 0) is 70.7 Å². The highest BCUT2D eigenvalue weighted by molar-refractivity contribution is 6.33. The van der Waals surface area contributed by atoms with E-state index in [1.54, 1.807) is 18.2 Å². The zero-order valence-electron chi connectivity index (χ0n) is 15.1. The molecule has 1 aliphatic rings. The number of hydrogen-bond acceptors (Lipinski definition) is 3. The van der Waals surface area contributed by atoms with Crippen LogP contribution in [-0.4, -0.2) is 25.3 Å². The summed E-state index contributed by atoms with van der Waals surface area (Å²) < 4.78 is 24.4. The molecule has 0 atom stereocenters. The zero-order chi connectivity index (χ0) is 19.7. The molecule has 27 heavy (non-hydrogen) atoms. The van der Waals surface area contributed by atoms with Crippen molar-refractivity contribution in [2.24, 2.45) is 0 Å². The monoisotopic (exact) mass is 388 g/mol. The molecule has 0 amide bonds. The minimum absolute atomic E-state index is 0.174. The number of methoxy groups -OCH3 is 2. The number of aliphatic carboxylic acids is 1. The highest BCUT2D eigenvalue weighted by atomic mass is 35.5. The number of fused-ring (bicyclic) bond motifs is 1. The molecular weight excluding hydrogens is 371 g/mol. The lowest BCUT2D eigenvalue weighted by Crippen LogP contribution is -1.97. The topological polar surface area (TPSA) is 55.8 Å². The first-order valence-corrected chi connectivity index (χ1v) is 8.59. The predicted molar refractivity (Wildman–Crippen MR) is 104 cm³/mol. The van der Waals surface area contributed by atoms with Crippen molar-refractivity contribution < 1.29 is 23.8 Å². The number of carboxylic acids is 1. The fraction of sp³-hybridized carbons (Fsp3) is 0.190. The Kier molecular flexibility index (Phi) is 5.24. The van der Waals surface area contributed by atoms with Gasteiger partial charge in [-0.3, -0.25) is 4.79 Å². The van der Waals surface area contributed by atoms with Crippen LogP contribution in [0.1, 0.15) is 30.0 Å². The molecule has 0 saturated heterocycles. The van der Waals surface area contributed by atoms with E-state index in [4.69, 9.17) is 21.1 Å². The van der Waals surface area contributed by atoms with Crippen molar-refractivity contribution in [1.29, 1.82) is 0 Å². The van der Waals surface area contributed by atoms with Gasteiger partial charge in [0.15, 0.2) is 0 Å². The first kappa shape index (κ1) is 19.0. The summed E-state index contributed by atoms with van der Waals surface area (Å²) in [7, 11) is 3.03. The average molecular weight is 389 g/mol. The number of carboxylic acid groups (broad SMARTS) is 1. The molecule has 2 aromatic rings. The molecule has 2 aromatic carbocycles. The Balaban J connectivity index is 2.19. The second kappa shape index (κ2) is 7.45. The standard InChI is InChI=1S/C21H18ClFO4/c1-11-15(6-12-7-18(26-2)21(22)19(8-12)27-3)14-5-4-13(23)9-17(14)16(11)10-20(24)25/h4-9H,10H2,1-3H3,(H,24,25). The molecular formula is C21H18ClFO4. The lowest BCUT2D eigenvalue weighted by atomic mass is 10.0. The van der Waals surface area contributed by atoms with Crippen LogP contribution in [0.15, 0.2) is 35.9 Å². The van der Waals surface area contributed by atoms with Crippen molar-refractivity contribution in [2.75, 3.05) is 14.2 Å². The van der Waals surface area contributed by atoms with Gasteiger partial charge in [0.05, 0.1) is 20.6 Å². The smallest absolute Gasteiger partial charge is 0.307 e. The summed E-state index contributed by atoms with van der Waals surface area (Å²) in [5.41, 5.74) is 4.40. The van der Waals surface area contributed by atoms with E-state index in [2.05, 4.69) is 0 Å². The Bertz CT molecular complexity index is 967. The van der Waals surface area contributed by atoms with Gasteiger partial charge >= 0.3 is 5.97 Å².